The zero-order valence-corrected chi connectivity index (χ0v) is 10.9. The molecule has 0 aliphatic heterocycles. The van der Waals surface area contributed by atoms with Gasteiger partial charge in [0.1, 0.15) is 17.6 Å². The third kappa shape index (κ3) is 3.23. The minimum absolute atomic E-state index is 0.0853. The lowest BCUT2D eigenvalue weighted by atomic mass is 10.2. The molecule has 0 unspecified atom stereocenters. The van der Waals surface area contributed by atoms with Crippen molar-refractivity contribution >= 4 is 11.5 Å². The van der Waals surface area contributed by atoms with E-state index in [1.807, 2.05) is 38.1 Å². The Morgan fingerprint density at radius 2 is 2.00 bits per heavy atom. The van der Waals surface area contributed by atoms with Gasteiger partial charge < -0.3 is 10.1 Å². The fourth-order valence-corrected chi connectivity index (χ4v) is 1.65. The molecule has 4 heteroatoms. The highest BCUT2D eigenvalue weighted by atomic mass is 16.5. The number of ether oxygens (including phenoxy) is 1. The molecule has 1 aromatic carbocycles. The van der Waals surface area contributed by atoms with Crippen molar-refractivity contribution in [1.29, 1.82) is 5.26 Å². The number of rotatable bonds is 4. The molecule has 19 heavy (non-hydrogen) atoms. The Morgan fingerprint density at radius 1 is 1.21 bits per heavy atom. The van der Waals surface area contributed by atoms with Crippen LogP contribution >= 0.6 is 0 Å². The van der Waals surface area contributed by atoms with E-state index in [0.29, 0.717) is 11.4 Å². The number of anilines is 2. The second-order valence-corrected chi connectivity index (χ2v) is 4.30. The topological polar surface area (TPSA) is 57.9 Å². The Morgan fingerprint density at radius 3 is 2.74 bits per heavy atom. The van der Waals surface area contributed by atoms with Crippen LogP contribution in [0.4, 0.5) is 11.5 Å². The predicted octanol–water partition coefficient (Wildman–Crippen LogP) is 3.48. The number of hydrogen-bond acceptors (Lipinski definition) is 4. The first-order valence-electron chi connectivity index (χ1n) is 6.08. The highest BCUT2D eigenvalue weighted by Gasteiger charge is 2.08. The van der Waals surface area contributed by atoms with Gasteiger partial charge in [0.25, 0.3) is 0 Å². The van der Waals surface area contributed by atoms with Gasteiger partial charge in [-0.1, -0.05) is 12.1 Å². The van der Waals surface area contributed by atoms with Crippen LogP contribution in [0.15, 0.2) is 42.6 Å². The van der Waals surface area contributed by atoms with E-state index < -0.39 is 0 Å². The summed E-state index contributed by atoms with van der Waals surface area (Å²) in [6.07, 6.45) is 1.73. The van der Waals surface area contributed by atoms with Crippen LogP contribution < -0.4 is 10.1 Å². The maximum Gasteiger partial charge on any atom is 0.148 e. The Hall–Kier alpha value is -2.54. The number of pyridine rings is 1. The van der Waals surface area contributed by atoms with Crippen molar-refractivity contribution in [2.75, 3.05) is 5.32 Å². The van der Waals surface area contributed by atoms with E-state index in [4.69, 9.17) is 10.00 Å². The van der Waals surface area contributed by atoms with Gasteiger partial charge in [-0.25, -0.2) is 4.98 Å². The van der Waals surface area contributed by atoms with Gasteiger partial charge in [-0.2, -0.15) is 5.26 Å². The van der Waals surface area contributed by atoms with Gasteiger partial charge >= 0.3 is 0 Å². The molecule has 0 bridgehead atoms. The van der Waals surface area contributed by atoms with Crippen LogP contribution in [0, 0.1) is 11.3 Å². The minimum atomic E-state index is 0.0853. The van der Waals surface area contributed by atoms with E-state index >= 15 is 0 Å². The van der Waals surface area contributed by atoms with E-state index in [9.17, 15) is 0 Å². The van der Waals surface area contributed by atoms with Gasteiger partial charge in [0.05, 0.1) is 17.4 Å². The summed E-state index contributed by atoms with van der Waals surface area (Å²) in [5.41, 5.74) is 1.30. The summed E-state index contributed by atoms with van der Waals surface area (Å²) in [7, 11) is 0. The lowest BCUT2D eigenvalue weighted by Gasteiger charge is -2.15. The standard InChI is InChI=1S/C15H15N3O/c1-11(2)19-14-8-4-3-7-13(14)18-15-12(10-16)6-5-9-17-15/h3-9,11H,1-2H3,(H,17,18). The molecule has 0 fully saturated rings. The smallest absolute Gasteiger partial charge is 0.148 e. The van der Waals surface area contributed by atoms with Crippen LogP contribution in [0.1, 0.15) is 19.4 Å². The molecule has 0 atom stereocenters. The van der Waals surface area contributed by atoms with Gasteiger partial charge in [-0.15, -0.1) is 0 Å². The second-order valence-electron chi connectivity index (χ2n) is 4.30. The fraction of sp³-hybridized carbons (Fsp3) is 0.200. The van der Waals surface area contributed by atoms with Gasteiger partial charge in [-0.3, -0.25) is 0 Å². The Bertz CT molecular complexity index is 602. The van der Waals surface area contributed by atoms with Gasteiger partial charge in [0.15, 0.2) is 0 Å². The first-order chi connectivity index (χ1) is 9.20. The molecule has 4 nitrogen and oxygen atoms in total. The number of nitriles is 1. The van der Waals surface area contributed by atoms with E-state index in [2.05, 4.69) is 16.4 Å². The average Bonchev–Trinajstić information content (AvgIpc) is 2.41. The summed E-state index contributed by atoms with van der Waals surface area (Å²) >= 11 is 0. The molecular formula is C15H15N3O. The molecule has 0 aliphatic rings. The number of nitrogens with one attached hydrogen (secondary N) is 1. The van der Waals surface area contributed by atoms with Crippen molar-refractivity contribution < 1.29 is 4.74 Å². The molecule has 2 rings (SSSR count). The summed E-state index contributed by atoms with van der Waals surface area (Å²) in [4.78, 5) is 4.18. The zero-order chi connectivity index (χ0) is 13.7. The van der Waals surface area contributed by atoms with Crippen LogP contribution in [0.25, 0.3) is 0 Å². The molecule has 0 saturated carbocycles. The number of aromatic nitrogens is 1. The molecule has 2 aromatic rings. The Kier molecular flexibility index (Phi) is 3.99. The van der Waals surface area contributed by atoms with E-state index in [1.165, 1.54) is 0 Å². The number of nitrogens with zero attached hydrogens (tertiary/aromatic N) is 2. The molecule has 0 aliphatic carbocycles. The first kappa shape index (κ1) is 12.9. The first-order valence-corrected chi connectivity index (χ1v) is 6.08. The average molecular weight is 253 g/mol. The van der Waals surface area contributed by atoms with Crippen LogP contribution in [0.5, 0.6) is 5.75 Å². The van der Waals surface area contributed by atoms with E-state index in [0.717, 1.165) is 11.4 Å². The molecule has 1 aromatic heterocycles. The fourth-order valence-electron chi connectivity index (χ4n) is 1.65. The molecule has 0 amide bonds. The van der Waals surface area contributed by atoms with Crippen molar-refractivity contribution in [3.05, 3.63) is 48.2 Å². The Balaban J connectivity index is 2.31. The van der Waals surface area contributed by atoms with Crippen LogP contribution in [0.2, 0.25) is 0 Å². The lowest BCUT2D eigenvalue weighted by molar-refractivity contribution is 0.244. The largest absolute Gasteiger partial charge is 0.489 e. The van der Waals surface area contributed by atoms with Crippen molar-refractivity contribution in [1.82, 2.24) is 4.98 Å². The highest BCUT2D eigenvalue weighted by molar-refractivity contribution is 5.67. The van der Waals surface area contributed by atoms with Crippen LogP contribution in [-0.2, 0) is 0 Å². The summed E-state index contributed by atoms with van der Waals surface area (Å²) < 4.78 is 5.72. The van der Waals surface area contributed by atoms with Crippen LogP contribution in [-0.4, -0.2) is 11.1 Å². The monoisotopic (exact) mass is 253 g/mol. The minimum Gasteiger partial charge on any atom is -0.489 e. The van der Waals surface area contributed by atoms with Gasteiger partial charge in [0, 0.05) is 6.20 Å². The highest BCUT2D eigenvalue weighted by Crippen LogP contribution is 2.28. The van der Waals surface area contributed by atoms with Crippen molar-refractivity contribution in [3.8, 4) is 11.8 Å². The van der Waals surface area contributed by atoms with Crippen molar-refractivity contribution in [2.45, 2.75) is 20.0 Å². The molecule has 1 N–H and O–H groups in total. The van der Waals surface area contributed by atoms with E-state index in [-0.39, 0.29) is 6.10 Å². The normalized spacial score (nSPS) is 10.0. The second kappa shape index (κ2) is 5.87. The Labute approximate surface area is 112 Å². The molecule has 0 radical (unpaired) electrons. The predicted molar refractivity (Wildman–Crippen MR) is 74.4 cm³/mol. The third-order valence-electron chi connectivity index (χ3n) is 2.43. The summed E-state index contributed by atoms with van der Waals surface area (Å²) in [5, 5.41) is 12.2. The zero-order valence-electron chi connectivity index (χ0n) is 10.9. The summed E-state index contributed by atoms with van der Waals surface area (Å²) in [6.45, 7) is 3.94. The van der Waals surface area contributed by atoms with Crippen molar-refractivity contribution in [3.63, 3.8) is 0 Å². The molecule has 0 saturated heterocycles. The molecule has 96 valence electrons. The number of benzene rings is 1. The quantitative estimate of drug-likeness (QED) is 0.906. The van der Waals surface area contributed by atoms with Crippen LogP contribution in [0.3, 0.4) is 0 Å². The number of para-hydroxylation sites is 2. The lowest BCUT2D eigenvalue weighted by Crippen LogP contribution is -2.07. The summed E-state index contributed by atoms with van der Waals surface area (Å²) in [6, 6.07) is 13.2. The van der Waals surface area contributed by atoms with Gasteiger partial charge in [-0.05, 0) is 38.1 Å². The maximum absolute atomic E-state index is 9.05. The molecule has 1 heterocycles. The van der Waals surface area contributed by atoms with Crippen molar-refractivity contribution in [2.24, 2.45) is 0 Å². The maximum atomic E-state index is 9.05. The molecule has 0 spiro atoms. The number of hydrogen-bond donors (Lipinski definition) is 1. The SMILES string of the molecule is CC(C)Oc1ccccc1Nc1ncccc1C#N. The summed E-state index contributed by atoms with van der Waals surface area (Å²) in [5.74, 6) is 1.27. The third-order valence-corrected chi connectivity index (χ3v) is 2.43. The van der Waals surface area contributed by atoms with E-state index in [1.54, 1.807) is 18.3 Å². The van der Waals surface area contributed by atoms with Gasteiger partial charge in [0.2, 0.25) is 0 Å². The molecular weight excluding hydrogens is 238 g/mol.